The van der Waals surface area contributed by atoms with Gasteiger partial charge in [0.2, 0.25) is 0 Å². The van der Waals surface area contributed by atoms with E-state index in [0.29, 0.717) is 11.0 Å². The highest BCUT2D eigenvalue weighted by atomic mass is 16.6. The molecule has 0 amide bonds. The van der Waals surface area contributed by atoms with Gasteiger partial charge in [-0.25, -0.2) is 4.98 Å². The quantitative estimate of drug-likeness (QED) is 0.584. The average Bonchev–Trinajstić information content (AvgIpc) is 2.91. The molecule has 0 aliphatic heterocycles. The Hall–Kier alpha value is -2.89. The van der Waals surface area contributed by atoms with Gasteiger partial charge in [0.05, 0.1) is 16.8 Å². The van der Waals surface area contributed by atoms with Gasteiger partial charge < -0.3 is 9.88 Å². The van der Waals surface area contributed by atoms with Crippen LogP contribution >= 0.6 is 0 Å². The number of rotatable bonds is 3. The fraction of sp³-hybridized carbons (Fsp3) is 0.0714. The largest absolute Gasteiger partial charge is 0.344 e. The predicted octanol–water partition coefficient (Wildman–Crippen LogP) is 3.24. The van der Waals surface area contributed by atoms with Crippen LogP contribution in [0.1, 0.15) is 0 Å². The number of nitrogens with zero attached hydrogens (tertiary/aromatic N) is 3. The maximum atomic E-state index is 11.1. The molecule has 0 unspecified atom stereocenters. The number of aromatic nitrogens is 2. The van der Waals surface area contributed by atoms with Gasteiger partial charge in [-0.2, -0.15) is 0 Å². The normalized spacial score (nSPS) is 10.7. The van der Waals surface area contributed by atoms with E-state index >= 15 is 0 Å². The molecule has 0 spiro atoms. The summed E-state index contributed by atoms with van der Waals surface area (Å²) in [5.74, 6) is 0. The highest BCUT2D eigenvalue weighted by molar-refractivity contribution is 5.99. The van der Waals surface area contributed by atoms with Gasteiger partial charge in [0.15, 0.2) is 0 Å². The summed E-state index contributed by atoms with van der Waals surface area (Å²) in [6.07, 6.45) is 3.01. The van der Waals surface area contributed by atoms with E-state index in [9.17, 15) is 10.1 Å². The van der Waals surface area contributed by atoms with E-state index in [1.54, 1.807) is 12.3 Å². The van der Waals surface area contributed by atoms with Crippen LogP contribution in [0.3, 0.4) is 0 Å². The van der Waals surface area contributed by atoms with Crippen molar-refractivity contribution in [2.75, 3.05) is 11.9 Å². The molecule has 0 radical (unpaired) electrons. The Balaban J connectivity index is 2.21. The van der Waals surface area contributed by atoms with Crippen molar-refractivity contribution in [3.05, 3.63) is 58.9 Å². The molecule has 1 aromatic carbocycles. The van der Waals surface area contributed by atoms with Crippen LogP contribution in [-0.4, -0.2) is 21.9 Å². The SMILES string of the molecule is CN(c1ccccc1)c1ccnc2[nH]cc([N+](=O)[O-])c12. The van der Waals surface area contributed by atoms with Crippen LogP contribution in [0.15, 0.2) is 48.8 Å². The number of hydrogen-bond acceptors (Lipinski definition) is 4. The highest BCUT2D eigenvalue weighted by Gasteiger charge is 2.20. The van der Waals surface area contributed by atoms with Gasteiger partial charge in [0.25, 0.3) is 5.69 Å². The summed E-state index contributed by atoms with van der Waals surface area (Å²) in [6, 6.07) is 11.5. The molecule has 0 saturated carbocycles. The van der Waals surface area contributed by atoms with Crippen molar-refractivity contribution in [2.45, 2.75) is 0 Å². The Morgan fingerprint density at radius 2 is 2.00 bits per heavy atom. The van der Waals surface area contributed by atoms with Gasteiger partial charge in [0, 0.05) is 18.9 Å². The maximum Gasteiger partial charge on any atom is 0.298 e. The van der Waals surface area contributed by atoms with E-state index in [-0.39, 0.29) is 5.69 Å². The molecule has 2 heterocycles. The zero-order valence-electron chi connectivity index (χ0n) is 10.8. The van der Waals surface area contributed by atoms with Crippen LogP contribution in [0.25, 0.3) is 11.0 Å². The van der Waals surface area contributed by atoms with Crippen LogP contribution in [0.4, 0.5) is 17.1 Å². The number of pyridine rings is 1. The summed E-state index contributed by atoms with van der Waals surface area (Å²) < 4.78 is 0. The van der Waals surface area contributed by atoms with Crippen molar-refractivity contribution in [2.24, 2.45) is 0 Å². The minimum Gasteiger partial charge on any atom is -0.344 e. The molecule has 3 rings (SSSR count). The van der Waals surface area contributed by atoms with E-state index < -0.39 is 4.92 Å². The first-order valence-corrected chi connectivity index (χ1v) is 6.08. The molecule has 3 aromatic rings. The smallest absolute Gasteiger partial charge is 0.298 e. The van der Waals surface area contributed by atoms with Crippen LogP contribution in [0, 0.1) is 10.1 Å². The molecule has 0 bridgehead atoms. The number of nitrogens with one attached hydrogen (secondary N) is 1. The summed E-state index contributed by atoms with van der Waals surface area (Å²) in [7, 11) is 1.88. The van der Waals surface area contributed by atoms with E-state index in [2.05, 4.69) is 9.97 Å². The number of nitro groups is 1. The third-order valence-electron chi connectivity index (χ3n) is 3.23. The Labute approximate surface area is 114 Å². The molecular formula is C14H12N4O2. The lowest BCUT2D eigenvalue weighted by atomic mass is 10.2. The Morgan fingerprint density at radius 3 is 2.70 bits per heavy atom. The van der Waals surface area contributed by atoms with Gasteiger partial charge in [0.1, 0.15) is 11.0 Å². The summed E-state index contributed by atoms with van der Waals surface area (Å²) in [4.78, 5) is 19.6. The first kappa shape index (κ1) is 12.2. The summed E-state index contributed by atoms with van der Waals surface area (Å²) in [5, 5.41) is 11.6. The molecule has 6 heteroatoms. The van der Waals surface area contributed by atoms with Crippen LogP contribution in [0.2, 0.25) is 0 Å². The van der Waals surface area contributed by atoms with Gasteiger partial charge in [-0.15, -0.1) is 0 Å². The van der Waals surface area contributed by atoms with Crippen molar-refractivity contribution in [1.82, 2.24) is 9.97 Å². The van der Waals surface area contributed by atoms with E-state index in [0.717, 1.165) is 11.4 Å². The third kappa shape index (κ3) is 1.87. The van der Waals surface area contributed by atoms with Crippen molar-refractivity contribution in [1.29, 1.82) is 0 Å². The molecule has 2 aromatic heterocycles. The summed E-state index contributed by atoms with van der Waals surface area (Å²) in [5.41, 5.74) is 2.24. The van der Waals surface area contributed by atoms with Gasteiger partial charge in [-0.3, -0.25) is 10.1 Å². The van der Waals surface area contributed by atoms with Gasteiger partial charge >= 0.3 is 0 Å². The second-order valence-electron chi connectivity index (χ2n) is 4.38. The lowest BCUT2D eigenvalue weighted by Gasteiger charge is -2.19. The number of hydrogen-bond donors (Lipinski definition) is 1. The molecule has 100 valence electrons. The zero-order valence-corrected chi connectivity index (χ0v) is 10.8. The van der Waals surface area contributed by atoms with Crippen LogP contribution < -0.4 is 4.90 Å². The minimum atomic E-state index is -0.400. The number of para-hydroxylation sites is 1. The Bertz CT molecular complexity index is 767. The first-order chi connectivity index (χ1) is 9.68. The van der Waals surface area contributed by atoms with Crippen molar-refractivity contribution >= 4 is 28.1 Å². The number of H-pyrrole nitrogens is 1. The highest BCUT2D eigenvalue weighted by Crippen LogP contribution is 2.35. The molecule has 0 atom stereocenters. The number of benzene rings is 1. The molecule has 0 aliphatic carbocycles. The molecule has 0 fully saturated rings. The molecule has 6 nitrogen and oxygen atoms in total. The van der Waals surface area contributed by atoms with Crippen LogP contribution in [-0.2, 0) is 0 Å². The third-order valence-corrected chi connectivity index (χ3v) is 3.23. The summed E-state index contributed by atoms with van der Waals surface area (Å²) >= 11 is 0. The van der Waals surface area contributed by atoms with Crippen LogP contribution in [0.5, 0.6) is 0 Å². The topological polar surface area (TPSA) is 75.1 Å². The first-order valence-electron chi connectivity index (χ1n) is 6.08. The lowest BCUT2D eigenvalue weighted by molar-refractivity contribution is -0.383. The van der Waals surface area contributed by atoms with E-state index in [4.69, 9.17) is 0 Å². The zero-order chi connectivity index (χ0) is 14.1. The standard InChI is InChI=1S/C14H12N4O2/c1-17(10-5-3-2-4-6-10)11-7-8-15-14-13(11)12(9-16-14)18(19)20/h2-9H,1H3,(H,15,16). The molecular weight excluding hydrogens is 256 g/mol. The second kappa shape index (κ2) is 4.65. The minimum absolute atomic E-state index is 0.0332. The van der Waals surface area contributed by atoms with Crippen molar-refractivity contribution < 1.29 is 4.92 Å². The predicted molar refractivity (Wildman–Crippen MR) is 77.3 cm³/mol. The Kier molecular flexibility index (Phi) is 2.83. The number of anilines is 2. The van der Waals surface area contributed by atoms with E-state index in [1.165, 1.54) is 6.20 Å². The lowest BCUT2D eigenvalue weighted by Crippen LogP contribution is -2.10. The molecule has 0 saturated heterocycles. The molecule has 1 N–H and O–H groups in total. The fourth-order valence-corrected chi connectivity index (χ4v) is 2.24. The fourth-order valence-electron chi connectivity index (χ4n) is 2.24. The average molecular weight is 268 g/mol. The molecule has 20 heavy (non-hydrogen) atoms. The second-order valence-corrected chi connectivity index (χ2v) is 4.38. The monoisotopic (exact) mass is 268 g/mol. The van der Waals surface area contributed by atoms with Gasteiger partial charge in [-0.05, 0) is 18.2 Å². The van der Waals surface area contributed by atoms with Crippen molar-refractivity contribution in [3.63, 3.8) is 0 Å². The van der Waals surface area contributed by atoms with Gasteiger partial charge in [-0.1, -0.05) is 18.2 Å². The van der Waals surface area contributed by atoms with E-state index in [1.807, 2.05) is 42.3 Å². The Morgan fingerprint density at radius 1 is 1.25 bits per heavy atom. The summed E-state index contributed by atoms with van der Waals surface area (Å²) in [6.45, 7) is 0. The number of fused-ring (bicyclic) bond motifs is 1. The number of aromatic amines is 1. The maximum absolute atomic E-state index is 11.1. The molecule has 0 aliphatic rings. The van der Waals surface area contributed by atoms with Crippen molar-refractivity contribution in [3.8, 4) is 0 Å².